The molecule has 0 unspecified atom stereocenters. The topological polar surface area (TPSA) is 58.6 Å². The maximum atomic E-state index is 11.9. The minimum atomic E-state index is -0.237. The first-order valence-electron chi connectivity index (χ1n) is 5.44. The number of rotatable bonds is 1. The third kappa shape index (κ3) is 2.09. The zero-order chi connectivity index (χ0) is 13.4. The molecule has 2 aromatic heterocycles. The molecule has 0 fully saturated rings. The fraction of sp³-hybridized carbons (Fsp3) is 0. The molecule has 6 heteroatoms. The van der Waals surface area contributed by atoms with E-state index in [0.717, 1.165) is 11.1 Å². The summed E-state index contributed by atoms with van der Waals surface area (Å²) in [5.74, 6) is 0. The lowest BCUT2D eigenvalue weighted by Gasteiger charge is -2.06. The van der Waals surface area contributed by atoms with Crippen LogP contribution >= 0.6 is 23.2 Å². The van der Waals surface area contributed by atoms with Crippen molar-refractivity contribution in [2.45, 2.75) is 0 Å². The third-order valence-corrected chi connectivity index (χ3v) is 3.51. The number of pyridine rings is 1. The molecule has 0 bridgehead atoms. The zero-order valence-electron chi connectivity index (χ0n) is 9.52. The lowest BCUT2D eigenvalue weighted by atomic mass is 10.0. The Morgan fingerprint density at radius 3 is 2.68 bits per heavy atom. The highest BCUT2D eigenvalue weighted by atomic mass is 35.5. The molecule has 3 rings (SSSR count). The number of nitrogens with one attached hydrogen (secondary N) is 1. The molecule has 0 spiro atoms. The van der Waals surface area contributed by atoms with E-state index in [0.29, 0.717) is 21.1 Å². The Bertz CT molecular complexity index is 824. The van der Waals surface area contributed by atoms with Gasteiger partial charge in [0.2, 0.25) is 0 Å². The molecule has 0 amide bonds. The number of benzene rings is 1. The van der Waals surface area contributed by atoms with Crippen molar-refractivity contribution < 1.29 is 0 Å². The molecule has 1 aromatic carbocycles. The van der Waals surface area contributed by atoms with Gasteiger partial charge >= 0.3 is 0 Å². The van der Waals surface area contributed by atoms with Gasteiger partial charge in [0.25, 0.3) is 5.56 Å². The van der Waals surface area contributed by atoms with Crippen molar-refractivity contribution in [1.82, 2.24) is 15.0 Å². The molecule has 0 aliphatic heterocycles. The van der Waals surface area contributed by atoms with Crippen molar-refractivity contribution in [1.29, 1.82) is 0 Å². The van der Waals surface area contributed by atoms with Crippen molar-refractivity contribution >= 4 is 34.2 Å². The number of aromatic nitrogens is 3. The van der Waals surface area contributed by atoms with E-state index in [2.05, 4.69) is 15.0 Å². The number of H-pyrrole nitrogens is 1. The second-order valence-corrected chi connectivity index (χ2v) is 4.73. The largest absolute Gasteiger partial charge is 0.312 e. The summed E-state index contributed by atoms with van der Waals surface area (Å²) in [5.41, 5.74) is 1.67. The summed E-state index contributed by atoms with van der Waals surface area (Å²) in [6, 6.07) is 6.95. The van der Waals surface area contributed by atoms with Gasteiger partial charge in [-0.15, -0.1) is 0 Å². The van der Waals surface area contributed by atoms with Crippen molar-refractivity contribution in [3.8, 4) is 11.1 Å². The number of hydrogen-bond donors (Lipinski definition) is 1. The molecule has 0 saturated carbocycles. The lowest BCUT2D eigenvalue weighted by Crippen LogP contribution is -2.08. The monoisotopic (exact) mass is 291 g/mol. The van der Waals surface area contributed by atoms with E-state index in [1.165, 1.54) is 6.33 Å². The van der Waals surface area contributed by atoms with E-state index in [4.69, 9.17) is 23.2 Å². The molecular formula is C13H7Cl2N3O. The standard InChI is InChI=1S/C13H7Cl2N3O/c14-9-2-1-7(5-10(9)15)8-3-4-16-12-11(8)13(19)18-6-17-12/h1-6H,(H,16,17,18,19). The van der Waals surface area contributed by atoms with Gasteiger partial charge in [0, 0.05) is 6.20 Å². The van der Waals surface area contributed by atoms with Crippen LogP contribution in [0.1, 0.15) is 0 Å². The highest BCUT2D eigenvalue weighted by Crippen LogP contribution is 2.30. The highest BCUT2D eigenvalue weighted by Gasteiger charge is 2.10. The first-order valence-corrected chi connectivity index (χ1v) is 6.20. The Morgan fingerprint density at radius 1 is 1.05 bits per heavy atom. The second kappa shape index (κ2) is 4.64. The Hall–Kier alpha value is -1.91. The molecule has 19 heavy (non-hydrogen) atoms. The smallest absolute Gasteiger partial charge is 0.260 e. The fourth-order valence-electron chi connectivity index (χ4n) is 1.90. The number of hydrogen-bond acceptors (Lipinski definition) is 3. The van der Waals surface area contributed by atoms with Crippen LogP contribution in [0.2, 0.25) is 10.0 Å². The first-order chi connectivity index (χ1) is 9.16. The average Bonchev–Trinajstić information content (AvgIpc) is 2.42. The molecule has 0 aliphatic carbocycles. The number of halogens is 2. The zero-order valence-corrected chi connectivity index (χ0v) is 11.0. The minimum Gasteiger partial charge on any atom is -0.312 e. The lowest BCUT2D eigenvalue weighted by molar-refractivity contribution is 1.14. The quantitative estimate of drug-likeness (QED) is 0.748. The number of aromatic amines is 1. The van der Waals surface area contributed by atoms with Gasteiger partial charge in [-0.05, 0) is 29.3 Å². The van der Waals surface area contributed by atoms with Gasteiger partial charge < -0.3 is 4.98 Å². The predicted octanol–water partition coefficient (Wildman–Crippen LogP) is 3.29. The SMILES string of the molecule is O=c1[nH]cnc2nccc(-c3ccc(Cl)c(Cl)c3)c12. The van der Waals surface area contributed by atoms with Gasteiger partial charge in [0.15, 0.2) is 5.65 Å². The molecule has 0 atom stereocenters. The van der Waals surface area contributed by atoms with Crippen molar-refractivity contribution in [3.05, 3.63) is 57.2 Å². The Balaban J connectivity index is 2.36. The van der Waals surface area contributed by atoms with Gasteiger partial charge in [-0.25, -0.2) is 9.97 Å². The third-order valence-electron chi connectivity index (χ3n) is 2.77. The molecular weight excluding hydrogens is 285 g/mol. The van der Waals surface area contributed by atoms with Crippen molar-refractivity contribution in [3.63, 3.8) is 0 Å². The van der Waals surface area contributed by atoms with Crippen LogP contribution in [0.4, 0.5) is 0 Å². The second-order valence-electron chi connectivity index (χ2n) is 3.92. The molecule has 1 N–H and O–H groups in total. The van der Waals surface area contributed by atoms with Crippen LogP contribution in [-0.2, 0) is 0 Å². The van der Waals surface area contributed by atoms with Crippen LogP contribution in [0.3, 0.4) is 0 Å². The molecule has 4 nitrogen and oxygen atoms in total. The van der Waals surface area contributed by atoms with E-state index in [1.54, 1.807) is 30.5 Å². The first kappa shape index (κ1) is 12.1. The summed E-state index contributed by atoms with van der Waals surface area (Å²) in [4.78, 5) is 22.6. The van der Waals surface area contributed by atoms with Crippen LogP contribution in [0, 0.1) is 0 Å². The summed E-state index contributed by atoms with van der Waals surface area (Å²) in [6.07, 6.45) is 2.93. The Kier molecular flexibility index (Phi) is 2.97. The molecule has 0 radical (unpaired) electrons. The van der Waals surface area contributed by atoms with E-state index in [-0.39, 0.29) is 5.56 Å². The number of fused-ring (bicyclic) bond motifs is 1. The van der Waals surface area contributed by atoms with E-state index in [9.17, 15) is 4.79 Å². The van der Waals surface area contributed by atoms with Crippen molar-refractivity contribution in [2.24, 2.45) is 0 Å². The summed E-state index contributed by atoms with van der Waals surface area (Å²) in [7, 11) is 0. The van der Waals surface area contributed by atoms with Gasteiger partial charge in [-0.3, -0.25) is 4.79 Å². The van der Waals surface area contributed by atoms with E-state index >= 15 is 0 Å². The van der Waals surface area contributed by atoms with Gasteiger partial charge in [0.05, 0.1) is 21.8 Å². The van der Waals surface area contributed by atoms with Gasteiger partial charge in [-0.1, -0.05) is 29.3 Å². The van der Waals surface area contributed by atoms with Crippen LogP contribution in [0.5, 0.6) is 0 Å². The summed E-state index contributed by atoms with van der Waals surface area (Å²) < 4.78 is 0. The maximum Gasteiger partial charge on any atom is 0.260 e. The summed E-state index contributed by atoms with van der Waals surface area (Å²) >= 11 is 11.9. The molecule has 0 aliphatic rings. The summed E-state index contributed by atoms with van der Waals surface area (Å²) in [5, 5.41) is 1.34. The van der Waals surface area contributed by atoms with E-state index in [1.807, 2.05) is 0 Å². The van der Waals surface area contributed by atoms with Crippen LogP contribution < -0.4 is 5.56 Å². The molecule has 3 aromatic rings. The average molecular weight is 292 g/mol. The predicted molar refractivity (Wildman–Crippen MR) is 75.6 cm³/mol. The molecule has 0 saturated heterocycles. The van der Waals surface area contributed by atoms with E-state index < -0.39 is 0 Å². The Labute approximate surface area is 118 Å². The minimum absolute atomic E-state index is 0.237. The molecule has 94 valence electrons. The van der Waals surface area contributed by atoms with Crippen LogP contribution in [-0.4, -0.2) is 15.0 Å². The normalized spacial score (nSPS) is 10.8. The van der Waals surface area contributed by atoms with Gasteiger partial charge in [0.1, 0.15) is 0 Å². The van der Waals surface area contributed by atoms with Crippen molar-refractivity contribution in [2.75, 3.05) is 0 Å². The van der Waals surface area contributed by atoms with Crippen LogP contribution in [0.15, 0.2) is 41.6 Å². The highest BCUT2D eigenvalue weighted by molar-refractivity contribution is 6.42. The number of nitrogens with zero attached hydrogens (tertiary/aromatic N) is 2. The Morgan fingerprint density at radius 2 is 1.89 bits per heavy atom. The van der Waals surface area contributed by atoms with Crippen LogP contribution in [0.25, 0.3) is 22.2 Å². The summed E-state index contributed by atoms with van der Waals surface area (Å²) in [6.45, 7) is 0. The maximum absolute atomic E-state index is 11.9. The van der Waals surface area contributed by atoms with Gasteiger partial charge in [-0.2, -0.15) is 0 Å². The molecule has 2 heterocycles. The fourth-order valence-corrected chi connectivity index (χ4v) is 2.20.